The summed E-state index contributed by atoms with van der Waals surface area (Å²) in [6.45, 7) is 0.0824. The van der Waals surface area contributed by atoms with E-state index >= 15 is 0 Å². The lowest BCUT2D eigenvalue weighted by Gasteiger charge is -2.20. The van der Waals surface area contributed by atoms with E-state index in [1.54, 1.807) is 12.1 Å². The monoisotopic (exact) mass is 210 g/mol. The number of aliphatic hydroxyl groups excluding tert-OH is 2. The van der Waals surface area contributed by atoms with E-state index in [4.69, 9.17) is 0 Å². The fourth-order valence-electron chi connectivity index (χ4n) is 2.44. The summed E-state index contributed by atoms with van der Waals surface area (Å²) in [6.07, 6.45) is 1.14. The molecule has 0 bridgehead atoms. The van der Waals surface area contributed by atoms with Gasteiger partial charge in [-0.2, -0.15) is 0 Å². The first-order valence-electron chi connectivity index (χ1n) is 5.26. The van der Waals surface area contributed by atoms with E-state index in [1.165, 1.54) is 12.1 Å². The number of aliphatic hydroxyl groups is 2. The van der Waals surface area contributed by atoms with Gasteiger partial charge in [-0.25, -0.2) is 4.39 Å². The minimum absolute atomic E-state index is 0.0457. The van der Waals surface area contributed by atoms with Gasteiger partial charge in [0.25, 0.3) is 0 Å². The van der Waals surface area contributed by atoms with Crippen LogP contribution in [0.3, 0.4) is 0 Å². The maximum absolute atomic E-state index is 12.7. The predicted octanol–water partition coefficient (Wildman–Crippen LogP) is 1.67. The standard InChI is InChI=1S/C12H15FO2/c13-10-4-1-8(2-5-10)12-9(7-14)3-6-11(12)15/h1-2,4-5,9,11-12,14-15H,3,6-7H2/t9-,11-,12-/m0/s1. The first-order chi connectivity index (χ1) is 7.22. The summed E-state index contributed by atoms with van der Waals surface area (Å²) in [6, 6.07) is 6.18. The molecule has 0 saturated heterocycles. The van der Waals surface area contributed by atoms with Gasteiger partial charge in [0, 0.05) is 12.5 Å². The average molecular weight is 210 g/mol. The zero-order valence-electron chi connectivity index (χ0n) is 8.44. The molecule has 2 nitrogen and oxygen atoms in total. The molecule has 2 rings (SSSR count). The normalized spacial score (nSPS) is 30.7. The van der Waals surface area contributed by atoms with Gasteiger partial charge >= 0.3 is 0 Å². The first kappa shape index (κ1) is 10.6. The molecule has 1 aliphatic rings. The Bertz CT molecular complexity index is 323. The fraction of sp³-hybridized carbons (Fsp3) is 0.500. The maximum atomic E-state index is 12.7. The van der Waals surface area contributed by atoms with Crippen LogP contribution in [0.1, 0.15) is 24.3 Å². The van der Waals surface area contributed by atoms with Crippen molar-refractivity contribution in [1.82, 2.24) is 0 Å². The third kappa shape index (κ3) is 2.03. The van der Waals surface area contributed by atoms with Gasteiger partial charge in [-0.15, -0.1) is 0 Å². The van der Waals surface area contributed by atoms with Crippen molar-refractivity contribution >= 4 is 0 Å². The summed E-state index contributed by atoms with van der Waals surface area (Å²) >= 11 is 0. The van der Waals surface area contributed by atoms with Gasteiger partial charge in [0.1, 0.15) is 5.82 Å². The van der Waals surface area contributed by atoms with Crippen molar-refractivity contribution in [2.45, 2.75) is 24.9 Å². The van der Waals surface area contributed by atoms with Gasteiger partial charge in [0.2, 0.25) is 0 Å². The van der Waals surface area contributed by atoms with Crippen molar-refractivity contribution in [3.63, 3.8) is 0 Å². The zero-order chi connectivity index (χ0) is 10.8. The molecule has 0 spiro atoms. The van der Waals surface area contributed by atoms with Crippen molar-refractivity contribution < 1.29 is 14.6 Å². The lowest BCUT2D eigenvalue weighted by molar-refractivity contribution is 0.137. The summed E-state index contributed by atoms with van der Waals surface area (Å²) in [4.78, 5) is 0. The van der Waals surface area contributed by atoms with Gasteiger partial charge in [-0.05, 0) is 36.5 Å². The quantitative estimate of drug-likeness (QED) is 0.779. The largest absolute Gasteiger partial charge is 0.396 e. The van der Waals surface area contributed by atoms with Gasteiger partial charge in [-0.1, -0.05) is 12.1 Å². The Morgan fingerprint density at radius 1 is 1.20 bits per heavy atom. The summed E-state index contributed by atoms with van der Waals surface area (Å²) in [7, 11) is 0. The van der Waals surface area contributed by atoms with Gasteiger partial charge in [-0.3, -0.25) is 0 Å². The minimum atomic E-state index is -0.410. The van der Waals surface area contributed by atoms with Gasteiger partial charge < -0.3 is 10.2 Å². The highest BCUT2D eigenvalue weighted by molar-refractivity contribution is 5.23. The topological polar surface area (TPSA) is 40.5 Å². The Kier molecular flexibility index (Phi) is 3.03. The molecule has 1 aromatic rings. The Morgan fingerprint density at radius 3 is 2.47 bits per heavy atom. The Hall–Kier alpha value is -0.930. The highest BCUT2D eigenvalue weighted by Gasteiger charge is 2.35. The van der Waals surface area contributed by atoms with Crippen LogP contribution < -0.4 is 0 Å². The molecule has 15 heavy (non-hydrogen) atoms. The molecule has 1 aliphatic carbocycles. The minimum Gasteiger partial charge on any atom is -0.396 e. The van der Waals surface area contributed by atoms with Crippen LogP contribution in [0.25, 0.3) is 0 Å². The van der Waals surface area contributed by atoms with E-state index in [-0.39, 0.29) is 24.3 Å². The molecule has 2 N–H and O–H groups in total. The van der Waals surface area contributed by atoms with Crippen LogP contribution in [0.15, 0.2) is 24.3 Å². The summed E-state index contributed by atoms with van der Waals surface area (Å²) in [5.41, 5.74) is 0.917. The molecule has 3 heteroatoms. The van der Waals surface area contributed by atoms with Crippen molar-refractivity contribution in [1.29, 1.82) is 0 Å². The number of halogens is 1. The van der Waals surface area contributed by atoms with Crippen LogP contribution >= 0.6 is 0 Å². The third-order valence-electron chi connectivity index (χ3n) is 3.25. The zero-order valence-corrected chi connectivity index (χ0v) is 8.44. The third-order valence-corrected chi connectivity index (χ3v) is 3.25. The SMILES string of the molecule is OC[C@@H]1CC[C@H](O)[C@H]1c1ccc(F)cc1. The number of benzene rings is 1. The molecule has 1 aromatic carbocycles. The van der Waals surface area contributed by atoms with Crippen LogP contribution in [0, 0.1) is 11.7 Å². The lowest BCUT2D eigenvalue weighted by atomic mass is 9.88. The molecule has 0 unspecified atom stereocenters. The second-order valence-corrected chi connectivity index (χ2v) is 4.16. The lowest BCUT2D eigenvalue weighted by Crippen LogP contribution is -2.19. The van der Waals surface area contributed by atoms with E-state index < -0.39 is 6.10 Å². The predicted molar refractivity (Wildman–Crippen MR) is 55.0 cm³/mol. The summed E-state index contributed by atoms with van der Waals surface area (Å²) < 4.78 is 12.7. The number of hydrogen-bond donors (Lipinski definition) is 2. The van der Waals surface area contributed by atoms with Crippen LogP contribution in [0.5, 0.6) is 0 Å². The Morgan fingerprint density at radius 2 is 1.87 bits per heavy atom. The van der Waals surface area contributed by atoms with E-state index in [0.717, 1.165) is 12.0 Å². The average Bonchev–Trinajstić information content (AvgIpc) is 2.61. The van der Waals surface area contributed by atoms with Crippen LogP contribution in [0.2, 0.25) is 0 Å². The smallest absolute Gasteiger partial charge is 0.123 e. The van der Waals surface area contributed by atoms with E-state index in [9.17, 15) is 14.6 Å². The van der Waals surface area contributed by atoms with Crippen LogP contribution in [-0.4, -0.2) is 22.9 Å². The van der Waals surface area contributed by atoms with Crippen LogP contribution in [0.4, 0.5) is 4.39 Å². The maximum Gasteiger partial charge on any atom is 0.123 e. The molecule has 0 aliphatic heterocycles. The Balaban J connectivity index is 2.24. The summed E-state index contributed by atoms with van der Waals surface area (Å²) in [5, 5.41) is 19.0. The molecular formula is C12H15FO2. The van der Waals surface area contributed by atoms with E-state index in [0.29, 0.717) is 6.42 Å². The van der Waals surface area contributed by atoms with Gasteiger partial charge in [0.15, 0.2) is 0 Å². The van der Waals surface area contributed by atoms with Crippen molar-refractivity contribution in [3.05, 3.63) is 35.6 Å². The summed E-state index contributed by atoms with van der Waals surface area (Å²) in [5.74, 6) is -0.215. The van der Waals surface area contributed by atoms with E-state index in [1.807, 2.05) is 0 Å². The highest BCUT2D eigenvalue weighted by Crippen LogP contribution is 2.39. The fourth-order valence-corrected chi connectivity index (χ4v) is 2.44. The Labute approximate surface area is 88.4 Å². The molecule has 0 amide bonds. The molecule has 0 aromatic heterocycles. The number of rotatable bonds is 2. The van der Waals surface area contributed by atoms with Crippen molar-refractivity contribution in [3.8, 4) is 0 Å². The first-order valence-corrected chi connectivity index (χ1v) is 5.26. The number of hydrogen-bond acceptors (Lipinski definition) is 2. The van der Waals surface area contributed by atoms with E-state index in [2.05, 4.69) is 0 Å². The molecule has 82 valence electrons. The molecule has 0 radical (unpaired) electrons. The molecule has 0 heterocycles. The molecule has 1 saturated carbocycles. The van der Waals surface area contributed by atoms with Gasteiger partial charge in [0.05, 0.1) is 6.10 Å². The molecule has 1 fully saturated rings. The van der Waals surface area contributed by atoms with Crippen molar-refractivity contribution in [2.75, 3.05) is 6.61 Å². The molecular weight excluding hydrogens is 195 g/mol. The van der Waals surface area contributed by atoms with Crippen LogP contribution in [-0.2, 0) is 0 Å². The highest BCUT2D eigenvalue weighted by atomic mass is 19.1. The second kappa shape index (κ2) is 4.29. The van der Waals surface area contributed by atoms with Crippen molar-refractivity contribution in [2.24, 2.45) is 5.92 Å². The second-order valence-electron chi connectivity index (χ2n) is 4.16. The molecule has 3 atom stereocenters.